The molecule has 2 amide bonds. The van der Waals surface area contributed by atoms with E-state index in [9.17, 15) is 18.0 Å². The molecule has 4 rings (SSSR count). The smallest absolute Gasteiger partial charge is 0.303 e. The van der Waals surface area contributed by atoms with E-state index in [1.54, 1.807) is 25.1 Å². The minimum atomic E-state index is -3.96. The molecular formula is C29H37N5O5S2. The van der Waals surface area contributed by atoms with E-state index in [2.05, 4.69) is 41.2 Å². The zero-order valence-electron chi connectivity index (χ0n) is 24.1. The summed E-state index contributed by atoms with van der Waals surface area (Å²) in [6.07, 6.45) is 5.57. The van der Waals surface area contributed by atoms with E-state index in [0.29, 0.717) is 40.7 Å². The fourth-order valence-electron chi connectivity index (χ4n) is 4.67. The van der Waals surface area contributed by atoms with Crippen LogP contribution in [0.5, 0.6) is 5.75 Å². The number of carbonyl (C=O) groups excluding carboxylic acids is 2. The highest BCUT2D eigenvalue weighted by molar-refractivity contribution is 7.87. The maximum absolute atomic E-state index is 14.1. The number of carbonyl (C=O) groups is 2. The van der Waals surface area contributed by atoms with E-state index in [-0.39, 0.29) is 18.1 Å². The lowest BCUT2D eigenvalue weighted by molar-refractivity contribution is -0.134. The summed E-state index contributed by atoms with van der Waals surface area (Å²) in [5.41, 5.74) is 2.56. The number of amides is 2. The molecular weight excluding hydrogens is 562 g/mol. The molecule has 0 unspecified atom stereocenters. The highest BCUT2D eigenvalue weighted by Crippen LogP contribution is 2.49. The maximum Gasteiger partial charge on any atom is 0.303 e. The fraction of sp³-hybridized carbons (Fsp3) is 0.448. The van der Waals surface area contributed by atoms with Gasteiger partial charge in [-0.25, -0.2) is 9.71 Å². The molecule has 41 heavy (non-hydrogen) atoms. The van der Waals surface area contributed by atoms with E-state index in [0.717, 1.165) is 23.6 Å². The Morgan fingerprint density at radius 1 is 1.15 bits per heavy atom. The van der Waals surface area contributed by atoms with E-state index >= 15 is 0 Å². The van der Waals surface area contributed by atoms with Gasteiger partial charge in [-0.2, -0.15) is 12.7 Å². The Morgan fingerprint density at radius 3 is 2.49 bits per heavy atom. The van der Waals surface area contributed by atoms with E-state index in [1.165, 1.54) is 36.6 Å². The predicted octanol–water partition coefficient (Wildman–Crippen LogP) is 3.65. The topological polar surface area (TPSA) is 122 Å². The molecule has 10 nitrogen and oxygen atoms in total. The van der Waals surface area contributed by atoms with Gasteiger partial charge in [0.05, 0.1) is 31.0 Å². The van der Waals surface area contributed by atoms with Crippen LogP contribution in [0.4, 0.5) is 0 Å². The standard InChI is InChI=1S/C29H37N5O5S2/c1-6-21-9-7-10-22(17-21)11-8-16-34(28(36)29(14-15-29)24-13-12-23(39-5)18-30-24)19-25-31-26(20(2)40-25)27(35)32-41(37,38)33(3)4/h7,9-10,12-13,17-18H,6,8,11,14-16,19H2,1-5H3,(H,32,35). The van der Waals surface area contributed by atoms with Crippen LogP contribution in [-0.4, -0.2) is 67.2 Å². The molecule has 0 radical (unpaired) electrons. The van der Waals surface area contributed by atoms with Crippen molar-refractivity contribution < 1.29 is 22.7 Å². The van der Waals surface area contributed by atoms with Crippen LogP contribution in [0.2, 0.25) is 0 Å². The van der Waals surface area contributed by atoms with Gasteiger partial charge in [-0.1, -0.05) is 31.2 Å². The van der Waals surface area contributed by atoms with Crippen LogP contribution < -0.4 is 9.46 Å². The van der Waals surface area contributed by atoms with Gasteiger partial charge < -0.3 is 9.64 Å². The molecule has 0 spiro atoms. The summed E-state index contributed by atoms with van der Waals surface area (Å²) >= 11 is 1.28. The summed E-state index contributed by atoms with van der Waals surface area (Å²) in [4.78, 5) is 38.2. The number of aromatic nitrogens is 2. The highest BCUT2D eigenvalue weighted by Gasteiger charge is 2.54. The number of ether oxygens (including phenoxy) is 1. The second kappa shape index (κ2) is 12.7. The molecule has 1 saturated carbocycles. The number of nitrogens with one attached hydrogen (secondary N) is 1. The van der Waals surface area contributed by atoms with Gasteiger partial charge in [-0.3, -0.25) is 14.6 Å². The zero-order valence-corrected chi connectivity index (χ0v) is 25.8. The number of methoxy groups -OCH3 is 1. The van der Waals surface area contributed by atoms with E-state index in [1.807, 2.05) is 16.9 Å². The first-order valence-electron chi connectivity index (χ1n) is 13.6. The van der Waals surface area contributed by atoms with Crippen LogP contribution in [0.15, 0.2) is 42.6 Å². The Labute approximate surface area is 245 Å². The number of rotatable bonds is 13. The Bertz CT molecular complexity index is 1500. The molecule has 0 saturated heterocycles. The molecule has 0 bridgehead atoms. The van der Waals surface area contributed by atoms with Gasteiger partial charge in [-0.15, -0.1) is 11.3 Å². The van der Waals surface area contributed by atoms with Crippen molar-refractivity contribution in [2.75, 3.05) is 27.7 Å². The lowest BCUT2D eigenvalue weighted by atomic mass is 9.99. The Hall–Kier alpha value is -3.35. The lowest BCUT2D eigenvalue weighted by Crippen LogP contribution is -2.40. The molecule has 0 atom stereocenters. The summed E-state index contributed by atoms with van der Waals surface area (Å²) in [6.45, 7) is 4.56. The van der Waals surface area contributed by atoms with Crippen molar-refractivity contribution in [2.24, 2.45) is 0 Å². The third kappa shape index (κ3) is 7.11. The van der Waals surface area contributed by atoms with E-state index < -0.39 is 21.5 Å². The first-order chi connectivity index (χ1) is 19.5. The zero-order chi connectivity index (χ0) is 29.8. The minimum Gasteiger partial charge on any atom is -0.495 e. The number of pyridine rings is 1. The summed E-state index contributed by atoms with van der Waals surface area (Å²) in [7, 11) is 0.286. The Kier molecular flexibility index (Phi) is 9.45. The molecule has 1 aliphatic rings. The van der Waals surface area contributed by atoms with Gasteiger partial charge in [0.15, 0.2) is 0 Å². The molecule has 0 aliphatic heterocycles. The monoisotopic (exact) mass is 599 g/mol. The summed E-state index contributed by atoms with van der Waals surface area (Å²) in [5, 5.41) is 0.565. The second-order valence-electron chi connectivity index (χ2n) is 10.4. The number of hydrogen-bond acceptors (Lipinski definition) is 8. The van der Waals surface area contributed by atoms with Crippen LogP contribution >= 0.6 is 11.3 Å². The quantitative estimate of drug-likeness (QED) is 0.318. The highest BCUT2D eigenvalue weighted by atomic mass is 32.2. The molecule has 1 N–H and O–H groups in total. The molecule has 3 aromatic rings. The molecule has 12 heteroatoms. The fourth-order valence-corrected chi connectivity index (χ4v) is 6.13. The van der Waals surface area contributed by atoms with E-state index in [4.69, 9.17) is 4.74 Å². The van der Waals surface area contributed by atoms with Crippen LogP contribution in [0, 0.1) is 6.92 Å². The molecule has 1 aromatic carbocycles. The third-order valence-electron chi connectivity index (χ3n) is 7.29. The van der Waals surface area contributed by atoms with Crippen molar-refractivity contribution >= 4 is 33.4 Å². The van der Waals surface area contributed by atoms with Gasteiger partial charge in [0, 0.05) is 25.5 Å². The van der Waals surface area contributed by atoms with Crippen LogP contribution in [-0.2, 0) is 39.8 Å². The molecule has 2 heterocycles. The Morgan fingerprint density at radius 2 is 1.88 bits per heavy atom. The molecule has 1 aliphatic carbocycles. The van der Waals surface area contributed by atoms with Gasteiger partial charge in [0.25, 0.3) is 5.91 Å². The number of thiazole rings is 1. The number of benzene rings is 1. The van der Waals surface area contributed by atoms with Gasteiger partial charge in [-0.05, 0) is 62.3 Å². The van der Waals surface area contributed by atoms with Crippen LogP contribution in [0.25, 0.3) is 0 Å². The summed E-state index contributed by atoms with van der Waals surface area (Å²) in [5.74, 6) is -0.191. The maximum atomic E-state index is 14.1. The SMILES string of the molecule is CCc1cccc(CCCN(Cc2nc(C(=O)NS(=O)(=O)N(C)C)c(C)s2)C(=O)C2(c3ccc(OC)cn3)CC2)c1. The van der Waals surface area contributed by atoms with Crippen molar-refractivity contribution in [1.29, 1.82) is 0 Å². The van der Waals surface area contributed by atoms with Gasteiger partial charge in [0.1, 0.15) is 16.5 Å². The summed E-state index contributed by atoms with van der Waals surface area (Å²) < 4.78 is 32.5. The first-order valence-corrected chi connectivity index (χ1v) is 15.8. The lowest BCUT2D eigenvalue weighted by Gasteiger charge is -2.27. The first kappa shape index (κ1) is 30.6. The van der Waals surface area contributed by atoms with Crippen molar-refractivity contribution in [3.63, 3.8) is 0 Å². The largest absolute Gasteiger partial charge is 0.495 e. The van der Waals surface area contributed by atoms with Crippen molar-refractivity contribution in [3.05, 3.63) is 75.0 Å². The van der Waals surface area contributed by atoms with Gasteiger partial charge in [0.2, 0.25) is 5.91 Å². The Balaban J connectivity index is 1.56. The average Bonchev–Trinajstić information content (AvgIpc) is 3.68. The van der Waals surface area contributed by atoms with Crippen molar-refractivity contribution in [3.8, 4) is 5.75 Å². The normalized spacial score (nSPS) is 14.1. The number of hydrogen-bond donors (Lipinski definition) is 1. The number of aryl methyl sites for hydroxylation is 3. The van der Waals surface area contributed by atoms with Gasteiger partial charge >= 0.3 is 10.2 Å². The molecule has 2 aromatic heterocycles. The molecule has 220 valence electrons. The van der Waals surface area contributed by atoms with Crippen LogP contribution in [0.1, 0.15) is 63.4 Å². The average molecular weight is 600 g/mol. The van der Waals surface area contributed by atoms with Crippen molar-refractivity contribution in [2.45, 2.75) is 57.9 Å². The summed E-state index contributed by atoms with van der Waals surface area (Å²) in [6, 6.07) is 12.1. The third-order valence-corrected chi connectivity index (χ3v) is 9.65. The number of nitrogens with zero attached hydrogens (tertiary/aromatic N) is 4. The molecule has 1 fully saturated rings. The van der Waals surface area contributed by atoms with Crippen LogP contribution in [0.3, 0.4) is 0 Å². The van der Waals surface area contributed by atoms with Crippen molar-refractivity contribution in [1.82, 2.24) is 23.9 Å². The minimum absolute atomic E-state index is 0.0217. The second-order valence-corrected chi connectivity index (χ2v) is 13.6. The predicted molar refractivity (Wildman–Crippen MR) is 158 cm³/mol.